The van der Waals surface area contributed by atoms with Gasteiger partial charge in [-0.15, -0.1) is 0 Å². The highest BCUT2D eigenvalue weighted by atomic mass is 32.2. The maximum atomic E-state index is 5.52. The molecule has 1 N–H and O–H groups in total. The van der Waals surface area contributed by atoms with Gasteiger partial charge in [-0.25, -0.2) is 0 Å². The van der Waals surface area contributed by atoms with Crippen molar-refractivity contribution < 1.29 is 4.74 Å². The minimum Gasteiger partial charge on any atom is -0.381 e. The zero-order valence-corrected chi connectivity index (χ0v) is 11.4. The van der Waals surface area contributed by atoms with Crippen LogP contribution in [0.15, 0.2) is 0 Å². The van der Waals surface area contributed by atoms with Crippen LogP contribution in [-0.4, -0.2) is 37.3 Å². The van der Waals surface area contributed by atoms with E-state index in [9.17, 15) is 0 Å². The number of hydrogen-bond donors (Lipinski definition) is 1. The summed E-state index contributed by atoms with van der Waals surface area (Å²) >= 11 is 2.10. The van der Waals surface area contributed by atoms with Gasteiger partial charge in [-0.3, -0.25) is 0 Å². The van der Waals surface area contributed by atoms with Crippen LogP contribution in [0.5, 0.6) is 0 Å². The molecule has 0 aliphatic carbocycles. The second kappa shape index (κ2) is 5.74. The molecule has 0 radical (unpaired) electrons. The summed E-state index contributed by atoms with van der Waals surface area (Å²) in [7, 11) is 0. The van der Waals surface area contributed by atoms with Crippen molar-refractivity contribution in [1.29, 1.82) is 0 Å². The van der Waals surface area contributed by atoms with Crippen LogP contribution in [0.4, 0.5) is 0 Å². The van der Waals surface area contributed by atoms with Crippen LogP contribution in [0.25, 0.3) is 0 Å². The second-order valence-corrected chi connectivity index (χ2v) is 7.10. The fourth-order valence-electron chi connectivity index (χ4n) is 2.70. The third-order valence-electron chi connectivity index (χ3n) is 3.56. The van der Waals surface area contributed by atoms with Crippen molar-refractivity contribution in [1.82, 2.24) is 5.32 Å². The molecule has 0 saturated carbocycles. The third-order valence-corrected chi connectivity index (χ3v) is 5.18. The van der Waals surface area contributed by atoms with Gasteiger partial charge in [0.1, 0.15) is 0 Å². The summed E-state index contributed by atoms with van der Waals surface area (Å²) in [5.74, 6) is 3.36. The van der Waals surface area contributed by atoms with Crippen molar-refractivity contribution in [2.45, 2.75) is 39.2 Å². The molecule has 16 heavy (non-hydrogen) atoms. The Hall–Kier alpha value is 0.270. The van der Waals surface area contributed by atoms with E-state index < -0.39 is 0 Å². The molecule has 0 aromatic carbocycles. The SMILES string of the molecule is CC1(C)CSCC(NCC2CCCOC2)C1. The topological polar surface area (TPSA) is 21.3 Å². The Morgan fingerprint density at radius 3 is 3.00 bits per heavy atom. The number of ether oxygens (including phenoxy) is 1. The summed E-state index contributed by atoms with van der Waals surface area (Å²) in [6, 6.07) is 0.718. The average molecular weight is 243 g/mol. The van der Waals surface area contributed by atoms with Gasteiger partial charge in [0.25, 0.3) is 0 Å². The monoisotopic (exact) mass is 243 g/mol. The molecule has 3 heteroatoms. The molecule has 2 heterocycles. The fraction of sp³-hybridized carbons (Fsp3) is 1.00. The largest absolute Gasteiger partial charge is 0.381 e. The molecule has 2 saturated heterocycles. The van der Waals surface area contributed by atoms with Crippen LogP contribution >= 0.6 is 11.8 Å². The van der Waals surface area contributed by atoms with Gasteiger partial charge in [0.15, 0.2) is 0 Å². The molecule has 2 rings (SSSR count). The molecule has 0 spiro atoms. The van der Waals surface area contributed by atoms with Crippen molar-refractivity contribution in [2.75, 3.05) is 31.3 Å². The van der Waals surface area contributed by atoms with Crippen LogP contribution in [-0.2, 0) is 4.74 Å². The Balaban J connectivity index is 1.68. The smallest absolute Gasteiger partial charge is 0.0506 e. The van der Waals surface area contributed by atoms with Gasteiger partial charge in [0.2, 0.25) is 0 Å². The van der Waals surface area contributed by atoms with Gasteiger partial charge in [0, 0.05) is 24.9 Å². The van der Waals surface area contributed by atoms with Gasteiger partial charge in [-0.05, 0) is 36.3 Å². The molecular weight excluding hydrogens is 218 g/mol. The van der Waals surface area contributed by atoms with Crippen LogP contribution in [0.3, 0.4) is 0 Å². The summed E-state index contributed by atoms with van der Waals surface area (Å²) in [5.41, 5.74) is 0.518. The van der Waals surface area contributed by atoms with E-state index in [0.29, 0.717) is 5.41 Å². The maximum absolute atomic E-state index is 5.52. The Morgan fingerprint density at radius 2 is 2.31 bits per heavy atom. The molecule has 2 aliphatic rings. The van der Waals surface area contributed by atoms with Crippen molar-refractivity contribution in [2.24, 2.45) is 11.3 Å². The minimum atomic E-state index is 0.518. The Morgan fingerprint density at radius 1 is 1.44 bits per heavy atom. The van der Waals surface area contributed by atoms with E-state index in [1.165, 1.54) is 30.8 Å². The molecule has 0 bridgehead atoms. The predicted molar refractivity (Wildman–Crippen MR) is 71.1 cm³/mol. The first-order valence-electron chi connectivity index (χ1n) is 6.55. The lowest BCUT2D eigenvalue weighted by molar-refractivity contribution is 0.0535. The fourth-order valence-corrected chi connectivity index (χ4v) is 4.00. The first-order valence-corrected chi connectivity index (χ1v) is 7.70. The molecule has 2 nitrogen and oxygen atoms in total. The van der Waals surface area contributed by atoms with E-state index in [-0.39, 0.29) is 0 Å². The van der Waals surface area contributed by atoms with E-state index in [1.54, 1.807) is 0 Å². The first-order chi connectivity index (χ1) is 7.66. The van der Waals surface area contributed by atoms with E-state index >= 15 is 0 Å². The zero-order valence-electron chi connectivity index (χ0n) is 10.6. The minimum absolute atomic E-state index is 0.518. The second-order valence-electron chi connectivity index (χ2n) is 6.07. The summed E-state index contributed by atoms with van der Waals surface area (Å²) < 4.78 is 5.52. The van der Waals surface area contributed by atoms with Crippen molar-refractivity contribution in [3.05, 3.63) is 0 Å². The molecule has 2 aliphatic heterocycles. The molecule has 2 fully saturated rings. The summed E-state index contributed by atoms with van der Waals surface area (Å²) in [6.45, 7) is 7.87. The Kier molecular flexibility index (Phi) is 4.57. The highest BCUT2D eigenvalue weighted by Crippen LogP contribution is 2.33. The molecule has 2 unspecified atom stereocenters. The molecular formula is C13H25NOS. The lowest BCUT2D eigenvalue weighted by Gasteiger charge is -2.36. The normalized spacial score (nSPS) is 34.9. The summed E-state index contributed by atoms with van der Waals surface area (Å²) in [4.78, 5) is 0. The lowest BCUT2D eigenvalue weighted by Crippen LogP contribution is -2.43. The van der Waals surface area contributed by atoms with E-state index in [4.69, 9.17) is 4.74 Å². The summed E-state index contributed by atoms with van der Waals surface area (Å²) in [5, 5.41) is 3.75. The van der Waals surface area contributed by atoms with Crippen LogP contribution < -0.4 is 5.32 Å². The van der Waals surface area contributed by atoms with E-state index in [0.717, 1.165) is 31.7 Å². The van der Waals surface area contributed by atoms with E-state index in [1.807, 2.05) is 0 Å². The van der Waals surface area contributed by atoms with Gasteiger partial charge in [0.05, 0.1) is 6.61 Å². The average Bonchev–Trinajstić information content (AvgIpc) is 2.27. The highest BCUT2D eigenvalue weighted by molar-refractivity contribution is 7.99. The lowest BCUT2D eigenvalue weighted by atomic mass is 9.87. The van der Waals surface area contributed by atoms with Crippen molar-refractivity contribution >= 4 is 11.8 Å². The quantitative estimate of drug-likeness (QED) is 0.823. The third kappa shape index (κ3) is 3.94. The highest BCUT2D eigenvalue weighted by Gasteiger charge is 2.28. The van der Waals surface area contributed by atoms with Crippen molar-refractivity contribution in [3.63, 3.8) is 0 Å². The maximum Gasteiger partial charge on any atom is 0.0506 e. The number of hydrogen-bond acceptors (Lipinski definition) is 3. The molecule has 0 aromatic rings. The van der Waals surface area contributed by atoms with E-state index in [2.05, 4.69) is 30.9 Å². The zero-order chi connectivity index (χ0) is 11.4. The molecule has 0 amide bonds. The number of nitrogens with one attached hydrogen (secondary N) is 1. The predicted octanol–water partition coefficient (Wildman–Crippen LogP) is 2.53. The van der Waals surface area contributed by atoms with Crippen molar-refractivity contribution in [3.8, 4) is 0 Å². The first kappa shape index (κ1) is 12.7. The summed E-state index contributed by atoms with van der Waals surface area (Å²) in [6.07, 6.45) is 3.92. The Bertz CT molecular complexity index is 214. The molecule has 94 valence electrons. The van der Waals surface area contributed by atoms with Gasteiger partial charge in [-0.1, -0.05) is 13.8 Å². The van der Waals surface area contributed by atoms with Crippen LogP contribution in [0.1, 0.15) is 33.1 Å². The molecule has 2 atom stereocenters. The Labute approximate surface area is 104 Å². The number of rotatable bonds is 3. The van der Waals surface area contributed by atoms with Gasteiger partial charge in [-0.2, -0.15) is 11.8 Å². The van der Waals surface area contributed by atoms with Crippen LogP contribution in [0.2, 0.25) is 0 Å². The standard InChI is InChI=1S/C13H25NOS/c1-13(2)6-12(9-16-10-13)14-7-11-4-3-5-15-8-11/h11-12,14H,3-10H2,1-2H3. The molecule has 0 aromatic heterocycles. The number of thioether (sulfide) groups is 1. The van der Waals surface area contributed by atoms with Gasteiger partial charge >= 0.3 is 0 Å². The van der Waals surface area contributed by atoms with Crippen LogP contribution in [0, 0.1) is 11.3 Å². The van der Waals surface area contributed by atoms with Gasteiger partial charge < -0.3 is 10.1 Å².